The Morgan fingerprint density at radius 3 is 2.27 bits per heavy atom. The lowest BCUT2D eigenvalue weighted by atomic mass is 9.94. The van der Waals surface area contributed by atoms with Gasteiger partial charge < -0.3 is 4.90 Å². The second-order valence-corrected chi connectivity index (χ2v) is 10.7. The molecule has 30 heavy (non-hydrogen) atoms. The van der Waals surface area contributed by atoms with E-state index in [1.165, 1.54) is 41.5 Å². The number of hydrogen-bond donors (Lipinski definition) is 0. The van der Waals surface area contributed by atoms with E-state index < -0.39 is 0 Å². The monoisotopic (exact) mass is 531 g/mol. The molecule has 0 unspecified atom stereocenters. The lowest BCUT2D eigenvalue weighted by Gasteiger charge is -2.34. The number of fused-ring (bicyclic) bond motifs is 1. The van der Waals surface area contributed by atoms with Gasteiger partial charge in [-0.15, -0.1) is 0 Å². The number of pyridine rings is 1. The van der Waals surface area contributed by atoms with E-state index >= 15 is 0 Å². The number of nitrogens with zero attached hydrogens (tertiary/aromatic N) is 3. The van der Waals surface area contributed by atoms with E-state index in [-0.39, 0.29) is 0 Å². The van der Waals surface area contributed by atoms with Crippen molar-refractivity contribution in [3.63, 3.8) is 0 Å². The molecule has 1 aliphatic rings. The summed E-state index contributed by atoms with van der Waals surface area (Å²) in [6, 6.07) is 6.74. The summed E-state index contributed by atoms with van der Waals surface area (Å²) in [5.41, 5.74) is 7.16. The molecule has 3 heterocycles. The van der Waals surface area contributed by atoms with Crippen molar-refractivity contribution in [3.05, 3.63) is 50.2 Å². The van der Waals surface area contributed by atoms with E-state index in [4.69, 9.17) is 4.98 Å². The lowest BCUT2D eigenvalue weighted by molar-refractivity contribution is 0.395. The first-order valence-corrected chi connectivity index (χ1v) is 12.6. The van der Waals surface area contributed by atoms with Crippen LogP contribution in [0, 0.1) is 19.8 Å². The van der Waals surface area contributed by atoms with Crippen LogP contribution in [0.2, 0.25) is 0 Å². The molecule has 1 saturated heterocycles. The summed E-state index contributed by atoms with van der Waals surface area (Å²) < 4.78 is 4.43. The molecule has 0 aliphatic carbocycles. The third-order valence-electron chi connectivity index (χ3n) is 6.53. The van der Waals surface area contributed by atoms with Crippen LogP contribution in [0.25, 0.3) is 16.7 Å². The van der Waals surface area contributed by atoms with Gasteiger partial charge in [-0.25, -0.2) is 4.98 Å². The molecule has 1 aromatic carbocycles. The Hall–Kier alpha value is -1.33. The quantitative estimate of drug-likeness (QED) is 0.340. The Morgan fingerprint density at radius 2 is 1.70 bits per heavy atom. The maximum Gasteiger partial charge on any atom is 0.147 e. The van der Waals surface area contributed by atoms with E-state index in [0.717, 1.165) is 45.0 Å². The highest BCUT2D eigenvalue weighted by atomic mass is 79.9. The van der Waals surface area contributed by atoms with Crippen LogP contribution in [0.5, 0.6) is 0 Å². The number of anilines is 1. The van der Waals surface area contributed by atoms with Crippen molar-refractivity contribution in [2.75, 3.05) is 18.0 Å². The summed E-state index contributed by atoms with van der Waals surface area (Å²) in [6.45, 7) is 13.4. The van der Waals surface area contributed by atoms with Gasteiger partial charge in [0.1, 0.15) is 5.65 Å². The summed E-state index contributed by atoms with van der Waals surface area (Å²) in [6.07, 6.45) is 6.10. The average Bonchev–Trinajstić information content (AvgIpc) is 3.02. The van der Waals surface area contributed by atoms with E-state index in [1.54, 1.807) is 0 Å². The first-order chi connectivity index (χ1) is 14.3. The normalized spacial score (nSPS) is 15.5. The van der Waals surface area contributed by atoms with Crippen molar-refractivity contribution < 1.29 is 0 Å². The SMILES string of the molecule is CCC1CCN(c2cc(C)nc3c2c(C)cn3-c2c(Br)cc(C(C)C)cc2Br)CC1. The van der Waals surface area contributed by atoms with E-state index in [9.17, 15) is 0 Å². The molecule has 4 rings (SSSR count). The average molecular weight is 533 g/mol. The largest absolute Gasteiger partial charge is 0.371 e. The van der Waals surface area contributed by atoms with Crippen molar-refractivity contribution in [3.8, 4) is 5.69 Å². The highest BCUT2D eigenvalue weighted by Gasteiger charge is 2.23. The minimum Gasteiger partial charge on any atom is -0.371 e. The molecule has 1 fully saturated rings. The Bertz CT molecular complexity index is 1050. The number of halogens is 2. The number of benzene rings is 1. The molecule has 0 saturated carbocycles. The molecule has 0 atom stereocenters. The molecular formula is C25H31Br2N3. The van der Waals surface area contributed by atoms with E-state index in [1.807, 2.05) is 0 Å². The van der Waals surface area contributed by atoms with Crippen molar-refractivity contribution >= 4 is 48.6 Å². The fraction of sp³-hybridized carbons (Fsp3) is 0.480. The molecular weight excluding hydrogens is 502 g/mol. The van der Waals surface area contributed by atoms with Crippen LogP contribution in [-0.4, -0.2) is 22.6 Å². The van der Waals surface area contributed by atoms with Gasteiger partial charge in [0, 0.05) is 45.0 Å². The summed E-state index contributed by atoms with van der Waals surface area (Å²) >= 11 is 7.67. The maximum absolute atomic E-state index is 4.99. The first kappa shape index (κ1) is 21.9. The standard InChI is InChI=1S/C25H31Br2N3/c1-6-18-7-9-29(10-8-18)22-11-17(5)28-25-23(22)16(4)14-30(25)24-20(26)12-19(15(2)3)13-21(24)27/h11-15,18H,6-10H2,1-5H3. The van der Waals surface area contributed by atoms with Gasteiger partial charge in [0.25, 0.3) is 0 Å². The summed E-state index contributed by atoms with van der Waals surface area (Å²) in [5.74, 6) is 1.35. The minimum atomic E-state index is 0.479. The van der Waals surface area contributed by atoms with Crippen LogP contribution in [0.15, 0.2) is 33.3 Å². The molecule has 5 heteroatoms. The van der Waals surface area contributed by atoms with Crippen LogP contribution in [-0.2, 0) is 0 Å². The van der Waals surface area contributed by atoms with Crippen molar-refractivity contribution in [2.45, 2.75) is 59.8 Å². The number of aryl methyl sites for hydroxylation is 2. The molecule has 2 aromatic heterocycles. The number of aromatic nitrogens is 2. The van der Waals surface area contributed by atoms with Gasteiger partial charge in [-0.2, -0.15) is 0 Å². The van der Waals surface area contributed by atoms with Gasteiger partial charge in [0.2, 0.25) is 0 Å². The van der Waals surface area contributed by atoms with Gasteiger partial charge in [-0.1, -0.05) is 27.2 Å². The predicted octanol–water partition coefficient (Wildman–Crippen LogP) is 7.92. The Kier molecular flexibility index (Phi) is 6.32. The van der Waals surface area contributed by atoms with Crippen LogP contribution < -0.4 is 4.90 Å². The molecule has 0 spiro atoms. The van der Waals surface area contributed by atoms with Gasteiger partial charge >= 0.3 is 0 Å². The van der Waals surface area contributed by atoms with Crippen molar-refractivity contribution in [1.82, 2.24) is 9.55 Å². The van der Waals surface area contributed by atoms with Crippen LogP contribution in [0.1, 0.15) is 62.8 Å². The molecule has 0 radical (unpaired) electrons. The molecule has 160 valence electrons. The number of hydrogen-bond acceptors (Lipinski definition) is 2. The topological polar surface area (TPSA) is 21.1 Å². The molecule has 3 aromatic rings. The van der Waals surface area contributed by atoms with Crippen LogP contribution >= 0.6 is 31.9 Å². The van der Waals surface area contributed by atoms with Crippen molar-refractivity contribution in [1.29, 1.82) is 0 Å². The Morgan fingerprint density at radius 1 is 1.07 bits per heavy atom. The maximum atomic E-state index is 4.99. The van der Waals surface area contributed by atoms with Crippen LogP contribution in [0.3, 0.4) is 0 Å². The first-order valence-electron chi connectivity index (χ1n) is 11.0. The summed E-state index contributed by atoms with van der Waals surface area (Å²) in [5, 5.41) is 1.28. The fourth-order valence-corrected chi connectivity index (χ4v) is 6.27. The second-order valence-electron chi connectivity index (χ2n) is 8.99. The molecule has 0 amide bonds. The zero-order valence-electron chi connectivity index (χ0n) is 18.6. The van der Waals surface area contributed by atoms with Crippen molar-refractivity contribution in [2.24, 2.45) is 5.92 Å². The zero-order valence-corrected chi connectivity index (χ0v) is 21.8. The smallest absolute Gasteiger partial charge is 0.147 e. The second kappa shape index (κ2) is 8.66. The Balaban J connectivity index is 1.86. The van der Waals surface area contributed by atoms with E-state index in [0.29, 0.717) is 5.92 Å². The molecule has 3 nitrogen and oxygen atoms in total. The molecule has 0 bridgehead atoms. The summed E-state index contributed by atoms with van der Waals surface area (Å²) in [4.78, 5) is 7.57. The molecule has 0 N–H and O–H groups in total. The van der Waals surface area contributed by atoms with Gasteiger partial charge in [-0.05, 0) is 99.7 Å². The fourth-order valence-electron chi connectivity index (χ4n) is 4.66. The highest BCUT2D eigenvalue weighted by Crippen LogP contribution is 2.39. The number of rotatable bonds is 4. The molecule has 1 aliphatic heterocycles. The van der Waals surface area contributed by atoms with Gasteiger partial charge in [0.05, 0.1) is 5.69 Å². The van der Waals surface area contributed by atoms with E-state index in [2.05, 4.69) is 100 Å². The zero-order chi connectivity index (χ0) is 21.6. The van der Waals surface area contributed by atoms with Gasteiger partial charge in [-0.3, -0.25) is 4.57 Å². The third-order valence-corrected chi connectivity index (χ3v) is 7.74. The summed E-state index contributed by atoms with van der Waals surface area (Å²) in [7, 11) is 0. The van der Waals surface area contributed by atoms with Gasteiger partial charge in [0.15, 0.2) is 0 Å². The number of piperidine rings is 1. The third kappa shape index (κ3) is 3.95. The minimum absolute atomic E-state index is 0.479. The lowest BCUT2D eigenvalue weighted by Crippen LogP contribution is -2.33. The highest BCUT2D eigenvalue weighted by molar-refractivity contribution is 9.11. The van der Waals surface area contributed by atoms with Crippen LogP contribution in [0.4, 0.5) is 5.69 Å². The predicted molar refractivity (Wildman–Crippen MR) is 135 cm³/mol. The Labute approximate surface area is 197 Å².